The zero-order valence-corrected chi connectivity index (χ0v) is 29.5. The normalized spacial score (nSPS) is 12.9. The van der Waals surface area contributed by atoms with Gasteiger partial charge in [0, 0.05) is 46.5 Å². The van der Waals surface area contributed by atoms with E-state index in [0.29, 0.717) is 17.9 Å². The first-order valence-electron chi connectivity index (χ1n) is 15.7. The largest absolute Gasteiger partial charge is 0.465 e. The fourth-order valence-corrected chi connectivity index (χ4v) is 5.47. The molecule has 1 aromatic carbocycles. The lowest BCUT2D eigenvalue weighted by atomic mass is 9.97. The number of benzene rings is 1. The molecular formula is C33H46F2N6O6Si. The molecule has 3 N–H and O–H groups in total. The van der Waals surface area contributed by atoms with Gasteiger partial charge in [-0.3, -0.25) is 14.4 Å². The number of amides is 3. The van der Waals surface area contributed by atoms with Crippen LogP contribution in [0.4, 0.5) is 19.3 Å². The van der Waals surface area contributed by atoms with E-state index in [0.717, 1.165) is 6.04 Å². The van der Waals surface area contributed by atoms with E-state index in [9.17, 15) is 24.3 Å². The highest BCUT2D eigenvalue weighted by Gasteiger charge is 2.38. The number of likely N-dealkylation sites (N-methyl/N-ethyl adjacent to an activating group) is 1. The molecule has 0 bridgehead atoms. The number of imidazole rings is 1. The fourth-order valence-electron chi connectivity index (χ4n) is 4.72. The fraction of sp³-hybridized carbons (Fsp3) is 0.485. The van der Waals surface area contributed by atoms with Gasteiger partial charge in [0.2, 0.25) is 11.8 Å². The average molecular weight is 689 g/mol. The number of alkyl halides is 2. The third-order valence-electron chi connectivity index (χ3n) is 7.69. The Kier molecular flexibility index (Phi) is 12.8. The average Bonchev–Trinajstić information content (AvgIpc) is 3.34. The number of ether oxygens (including phenoxy) is 1. The van der Waals surface area contributed by atoms with Crippen molar-refractivity contribution in [1.29, 1.82) is 0 Å². The number of carboxylic acid groups (broad SMARTS) is 1. The summed E-state index contributed by atoms with van der Waals surface area (Å²) in [5.74, 6) is -4.86. The highest BCUT2D eigenvalue weighted by Crippen LogP contribution is 2.39. The topological polar surface area (TPSA) is 148 Å². The number of carbonyl (C=O) groups is 3. The van der Waals surface area contributed by atoms with Crippen LogP contribution in [-0.4, -0.2) is 76.9 Å². The molecule has 3 aromatic rings. The van der Waals surface area contributed by atoms with Crippen LogP contribution in [-0.2, 0) is 33.5 Å². The molecule has 2 aromatic heterocycles. The molecule has 0 saturated carbocycles. The molecule has 3 amide bonds. The Morgan fingerprint density at radius 1 is 1.15 bits per heavy atom. The van der Waals surface area contributed by atoms with Gasteiger partial charge in [0.05, 0.1) is 17.6 Å². The number of halogens is 2. The lowest BCUT2D eigenvalue weighted by molar-refractivity contribution is -0.123. The lowest BCUT2D eigenvalue weighted by Crippen LogP contribution is -2.44. The predicted molar refractivity (Wildman–Crippen MR) is 183 cm³/mol. The molecule has 0 radical (unpaired) electrons. The van der Waals surface area contributed by atoms with Gasteiger partial charge in [0.15, 0.2) is 0 Å². The lowest BCUT2D eigenvalue weighted by Gasteiger charge is -2.21. The summed E-state index contributed by atoms with van der Waals surface area (Å²) in [7, 11) is 1.77. The van der Waals surface area contributed by atoms with Crippen molar-refractivity contribution in [2.75, 3.05) is 26.0 Å². The predicted octanol–water partition coefficient (Wildman–Crippen LogP) is 5.31. The van der Waals surface area contributed by atoms with Crippen molar-refractivity contribution in [1.82, 2.24) is 24.3 Å². The molecular weight excluding hydrogens is 642 g/mol. The number of nitrogens with one attached hydrogen (secondary N) is 2. The Morgan fingerprint density at radius 3 is 2.48 bits per heavy atom. The van der Waals surface area contributed by atoms with Gasteiger partial charge in [-0.2, -0.15) is 0 Å². The molecule has 0 saturated heterocycles. The highest BCUT2D eigenvalue weighted by molar-refractivity contribution is 6.76. The summed E-state index contributed by atoms with van der Waals surface area (Å²) in [6, 6.07) is 7.19. The maximum atomic E-state index is 15.3. The Hall–Kier alpha value is -4.37. The van der Waals surface area contributed by atoms with E-state index in [2.05, 4.69) is 35.3 Å². The van der Waals surface area contributed by atoms with Gasteiger partial charge < -0.3 is 34.5 Å². The molecule has 0 aliphatic heterocycles. The minimum absolute atomic E-state index is 0.0292. The number of hydrogen-bond donors (Lipinski definition) is 3. The first-order valence-corrected chi connectivity index (χ1v) is 19.4. The van der Waals surface area contributed by atoms with Gasteiger partial charge in [-0.25, -0.2) is 18.6 Å². The number of nitrogens with zero attached hydrogens (tertiary/aromatic N) is 4. The molecule has 15 heteroatoms. The van der Waals surface area contributed by atoms with Gasteiger partial charge in [0.1, 0.15) is 24.3 Å². The van der Waals surface area contributed by atoms with Gasteiger partial charge in [-0.15, -0.1) is 0 Å². The van der Waals surface area contributed by atoms with E-state index < -0.39 is 43.5 Å². The monoisotopic (exact) mass is 688 g/mol. The molecule has 1 unspecified atom stereocenters. The van der Waals surface area contributed by atoms with Crippen LogP contribution < -0.4 is 16.2 Å². The van der Waals surface area contributed by atoms with Crippen LogP contribution in [0.3, 0.4) is 0 Å². The van der Waals surface area contributed by atoms with Crippen molar-refractivity contribution in [3.8, 4) is 0 Å². The van der Waals surface area contributed by atoms with Crippen molar-refractivity contribution in [2.45, 2.75) is 77.6 Å². The number of carbonyl (C=O) groups excluding carboxylic acids is 2. The maximum absolute atomic E-state index is 15.3. The van der Waals surface area contributed by atoms with Crippen LogP contribution in [0.1, 0.15) is 38.1 Å². The van der Waals surface area contributed by atoms with Gasteiger partial charge in [0.25, 0.3) is 11.5 Å². The van der Waals surface area contributed by atoms with E-state index >= 15 is 8.78 Å². The summed E-state index contributed by atoms with van der Waals surface area (Å²) >= 11 is 0. The summed E-state index contributed by atoms with van der Waals surface area (Å²) in [6.07, 6.45) is 3.15. The molecule has 3 rings (SSSR count). The third kappa shape index (κ3) is 10.1. The van der Waals surface area contributed by atoms with E-state index in [-0.39, 0.29) is 48.8 Å². The number of hydrogen-bond acceptors (Lipinski definition) is 6. The van der Waals surface area contributed by atoms with Crippen LogP contribution in [0.15, 0.2) is 53.5 Å². The number of aromatic nitrogens is 3. The van der Waals surface area contributed by atoms with Gasteiger partial charge >= 0.3 is 6.09 Å². The molecule has 12 nitrogen and oxygen atoms in total. The Bertz CT molecular complexity index is 1700. The van der Waals surface area contributed by atoms with Crippen LogP contribution in [0.5, 0.6) is 0 Å². The molecule has 1 atom stereocenters. The molecule has 0 aliphatic carbocycles. The zero-order valence-electron chi connectivity index (χ0n) is 28.5. The maximum Gasteiger partial charge on any atom is 0.405 e. The van der Waals surface area contributed by atoms with Crippen LogP contribution in [0.25, 0.3) is 11.0 Å². The number of rotatable bonds is 16. The molecule has 0 aliphatic rings. The van der Waals surface area contributed by atoms with E-state index in [1.54, 1.807) is 30.8 Å². The van der Waals surface area contributed by atoms with Crippen LogP contribution in [0, 0.1) is 5.92 Å². The molecule has 0 spiro atoms. The third-order valence-corrected chi connectivity index (χ3v) is 9.39. The second-order valence-electron chi connectivity index (χ2n) is 13.3. The molecule has 262 valence electrons. The molecule has 2 heterocycles. The van der Waals surface area contributed by atoms with Crippen LogP contribution >= 0.6 is 0 Å². The summed E-state index contributed by atoms with van der Waals surface area (Å²) in [6.45, 7) is 9.93. The summed E-state index contributed by atoms with van der Waals surface area (Å²) in [5.41, 5.74) is -0.386. The van der Waals surface area contributed by atoms with Gasteiger partial charge in [-0.05, 0) is 43.2 Å². The minimum Gasteiger partial charge on any atom is -0.465 e. The number of pyridine rings is 1. The molecule has 48 heavy (non-hydrogen) atoms. The standard InChI is InChI=1S/C33H46F2N6O6Si/c1-22(2)33(34,35)23-12-10-15-26-29(23)38-27(41(26)21-47-18-19-48(5,6)7)20-40-17-11-14-25(31(40)44)36-30(43)24(37-32(45)46)13-8-9-16-28(42)39(3)4/h9-12,14-17,22,24,37H,8,13,18-21H2,1-7H3,(H,36,43)(H,45,46)/b16-9+. The van der Waals surface area contributed by atoms with Crippen molar-refractivity contribution in [2.24, 2.45) is 5.92 Å². The Labute approximate surface area is 279 Å². The number of allylic oxidation sites excluding steroid dienone is 1. The minimum atomic E-state index is -3.16. The van der Waals surface area contributed by atoms with E-state index in [4.69, 9.17) is 4.74 Å². The Morgan fingerprint density at radius 2 is 1.85 bits per heavy atom. The summed E-state index contributed by atoms with van der Waals surface area (Å²) in [5, 5.41) is 13.9. The molecule has 0 fully saturated rings. The van der Waals surface area contributed by atoms with E-state index in [1.807, 2.05) is 0 Å². The summed E-state index contributed by atoms with van der Waals surface area (Å²) in [4.78, 5) is 55.8. The van der Waals surface area contributed by atoms with Crippen LogP contribution in [0.2, 0.25) is 25.7 Å². The quantitative estimate of drug-likeness (QED) is 0.105. The Balaban J connectivity index is 1.93. The highest BCUT2D eigenvalue weighted by atomic mass is 28.3. The number of fused-ring (bicyclic) bond motifs is 1. The van der Waals surface area contributed by atoms with E-state index in [1.165, 1.54) is 59.9 Å². The summed E-state index contributed by atoms with van der Waals surface area (Å²) < 4.78 is 39.6. The SMILES string of the molecule is CC(C)C(F)(F)c1cccc2c1nc(Cn1cccc(NC(=O)C(CC/C=C/C(=O)N(C)C)NC(=O)O)c1=O)n2COCC[Si](C)(C)C. The second kappa shape index (κ2) is 16.2. The number of para-hydroxylation sites is 1. The number of anilines is 1. The zero-order chi connectivity index (χ0) is 35.8. The second-order valence-corrected chi connectivity index (χ2v) is 18.9. The van der Waals surface area contributed by atoms with Crippen molar-refractivity contribution in [3.05, 3.63) is 70.4 Å². The smallest absolute Gasteiger partial charge is 0.405 e. The van der Waals surface area contributed by atoms with Gasteiger partial charge in [-0.1, -0.05) is 51.7 Å². The van der Waals surface area contributed by atoms with Crippen molar-refractivity contribution >= 4 is 42.7 Å². The first-order chi connectivity index (χ1) is 22.4. The first kappa shape index (κ1) is 38.1. The van der Waals surface area contributed by atoms with Crippen molar-refractivity contribution in [3.63, 3.8) is 0 Å². The van der Waals surface area contributed by atoms with Crippen molar-refractivity contribution < 1.29 is 33.0 Å².